The summed E-state index contributed by atoms with van der Waals surface area (Å²) in [5.41, 5.74) is 1.11. The van der Waals surface area contributed by atoms with Crippen LogP contribution in [0.4, 0.5) is 10.2 Å². The maximum atomic E-state index is 14.5. The van der Waals surface area contributed by atoms with E-state index in [0.717, 1.165) is 30.8 Å². The molecule has 4 heterocycles. The van der Waals surface area contributed by atoms with Crippen LogP contribution in [0, 0.1) is 5.95 Å². The van der Waals surface area contributed by atoms with E-state index in [9.17, 15) is 9.18 Å². The Kier molecular flexibility index (Phi) is 4.74. The number of hydrogen-bond acceptors (Lipinski definition) is 6. The second-order valence-electron chi connectivity index (χ2n) is 7.76. The molecule has 5 rings (SSSR count). The molecule has 3 aromatic rings. The highest BCUT2D eigenvalue weighted by molar-refractivity contribution is 6.00. The topological polar surface area (TPSA) is 75.0 Å². The first-order valence-corrected chi connectivity index (χ1v) is 10.1. The highest BCUT2D eigenvalue weighted by Gasteiger charge is 2.29. The zero-order chi connectivity index (χ0) is 20.7. The van der Waals surface area contributed by atoms with Crippen LogP contribution in [0.25, 0.3) is 5.65 Å². The number of nitrogens with zero attached hydrogens (tertiary/aromatic N) is 5. The van der Waals surface area contributed by atoms with Crippen molar-refractivity contribution in [2.75, 3.05) is 38.2 Å². The van der Waals surface area contributed by atoms with Gasteiger partial charge in [-0.05, 0) is 32.1 Å². The van der Waals surface area contributed by atoms with Crippen LogP contribution < -0.4 is 15.0 Å². The molecule has 9 heteroatoms. The van der Waals surface area contributed by atoms with Crippen molar-refractivity contribution in [2.45, 2.75) is 19.0 Å². The van der Waals surface area contributed by atoms with Crippen molar-refractivity contribution in [3.63, 3.8) is 0 Å². The molecule has 2 aromatic heterocycles. The molecule has 0 radical (unpaired) electrons. The molecular formula is C21H23FN6O2. The first-order chi connectivity index (χ1) is 14.6. The second kappa shape index (κ2) is 7.56. The Morgan fingerprint density at radius 2 is 2.13 bits per heavy atom. The van der Waals surface area contributed by atoms with Crippen molar-refractivity contribution >= 4 is 17.4 Å². The molecule has 0 saturated carbocycles. The molecule has 156 valence electrons. The quantitative estimate of drug-likeness (QED) is 0.658. The summed E-state index contributed by atoms with van der Waals surface area (Å²) in [7, 11) is 2.10. The standard InChI is InChI=1S/C21H23FN6O2/c1-26-9-6-15(13-26)27-12-14-4-2-3-5-16(14)30-11-8-23-21(29)18-19(22)25-28-10-7-17(27)24-20(18)28/h2-5,7,10,15H,6,8-9,11-13H2,1H3,(H,23,29). The number of anilines is 1. The van der Waals surface area contributed by atoms with Gasteiger partial charge in [-0.3, -0.25) is 4.79 Å². The van der Waals surface area contributed by atoms with Crippen LogP contribution in [0.3, 0.4) is 0 Å². The van der Waals surface area contributed by atoms with Crippen molar-refractivity contribution in [1.82, 2.24) is 24.8 Å². The molecule has 30 heavy (non-hydrogen) atoms. The molecular weight excluding hydrogens is 387 g/mol. The Morgan fingerprint density at radius 3 is 2.97 bits per heavy atom. The minimum atomic E-state index is -0.830. The predicted octanol–water partition coefficient (Wildman–Crippen LogP) is 1.70. The highest BCUT2D eigenvalue weighted by atomic mass is 19.1. The van der Waals surface area contributed by atoms with E-state index in [1.165, 1.54) is 4.52 Å². The zero-order valence-corrected chi connectivity index (χ0v) is 16.7. The van der Waals surface area contributed by atoms with Gasteiger partial charge >= 0.3 is 0 Å². The lowest BCUT2D eigenvalue weighted by Crippen LogP contribution is -2.37. The van der Waals surface area contributed by atoms with Gasteiger partial charge in [-0.1, -0.05) is 18.2 Å². The van der Waals surface area contributed by atoms with Crippen LogP contribution >= 0.6 is 0 Å². The normalized spacial score (nSPS) is 20.3. The maximum absolute atomic E-state index is 14.5. The number of ether oxygens (including phenoxy) is 1. The van der Waals surface area contributed by atoms with E-state index in [1.807, 2.05) is 30.3 Å². The van der Waals surface area contributed by atoms with E-state index in [-0.39, 0.29) is 30.4 Å². The average molecular weight is 410 g/mol. The van der Waals surface area contributed by atoms with Gasteiger partial charge in [0.1, 0.15) is 23.7 Å². The number of nitrogens with one attached hydrogen (secondary N) is 1. The van der Waals surface area contributed by atoms with Gasteiger partial charge in [0.05, 0.1) is 6.54 Å². The van der Waals surface area contributed by atoms with Crippen molar-refractivity contribution in [1.29, 1.82) is 0 Å². The van der Waals surface area contributed by atoms with Crippen molar-refractivity contribution in [3.05, 3.63) is 53.6 Å². The van der Waals surface area contributed by atoms with Gasteiger partial charge in [0.15, 0.2) is 5.65 Å². The summed E-state index contributed by atoms with van der Waals surface area (Å²) in [6.07, 6.45) is 2.65. The molecule has 1 fully saturated rings. The lowest BCUT2D eigenvalue weighted by molar-refractivity contribution is 0.0944. The van der Waals surface area contributed by atoms with Crippen LogP contribution in [-0.2, 0) is 6.54 Å². The summed E-state index contributed by atoms with van der Waals surface area (Å²) in [5, 5.41) is 6.52. The Morgan fingerprint density at radius 1 is 1.27 bits per heavy atom. The summed E-state index contributed by atoms with van der Waals surface area (Å²) in [5.74, 6) is 0.0854. The molecule has 1 saturated heterocycles. The van der Waals surface area contributed by atoms with E-state index in [0.29, 0.717) is 12.4 Å². The monoisotopic (exact) mass is 410 g/mol. The van der Waals surface area contributed by atoms with Crippen LogP contribution in [-0.4, -0.2) is 64.7 Å². The molecule has 1 amide bonds. The van der Waals surface area contributed by atoms with E-state index < -0.39 is 11.9 Å². The first kappa shape index (κ1) is 18.8. The number of benzene rings is 1. The van der Waals surface area contributed by atoms with Crippen LogP contribution in [0.2, 0.25) is 0 Å². The molecule has 1 atom stereocenters. The third-order valence-corrected chi connectivity index (χ3v) is 5.71. The van der Waals surface area contributed by atoms with E-state index >= 15 is 0 Å². The third kappa shape index (κ3) is 3.35. The van der Waals surface area contributed by atoms with E-state index in [4.69, 9.17) is 4.74 Å². The van der Waals surface area contributed by atoms with Crippen LogP contribution in [0.15, 0.2) is 36.5 Å². The summed E-state index contributed by atoms with van der Waals surface area (Å²) >= 11 is 0. The number of hydrogen-bond donors (Lipinski definition) is 1. The van der Waals surface area contributed by atoms with Gasteiger partial charge in [0.25, 0.3) is 5.91 Å². The third-order valence-electron chi connectivity index (χ3n) is 5.71. The Balaban J connectivity index is 1.65. The fraction of sp³-hybridized carbons (Fsp3) is 0.381. The number of likely N-dealkylation sites (N-methyl/N-ethyl adjacent to an activating group) is 1. The Labute approximate surface area is 173 Å². The molecule has 2 bridgehead atoms. The number of amides is 1. The molecule has 1 unspecified atom stereocenters. The van der Waals surface area contributed by atoms with Crippen molar-refractivity contribution in [2.24, 2.45) is 0 Å². The molecule has 1 N–H and O–H groups in total. The SMILES string of the molecule is CN1CCC(N2Cc3ccccc3OCCNC(=O)c3c(F)nn4ccc2nc34)C1. The number of rotatable bonds is 1. The Hall–Kier alpha value is -3.20. The van der Waals surface area contributed by atoms with Gasteiger partial charge in [0, 0.05) is 30.9 Å². The first-order valence-electron chi connectivity index (χ1n) is 10.1. The lowest BCUT2D eigenvalue weighted by Gasteiger charge is -2.31. The van der Waals surface area contributed by atoms with Crippen LogP contribution in [0.5, 0.6) is 5.75 Å². The minimum absolute atomic E-state index is 0.142. The number of para-hydroxylation sites is 1. The maximum Gasteiger partial charge on any atom is 0.260 e. The van der Waals surface area contributed by atoms with Gasteiger partial charge in [-0.15, -0.1) is 5.10 Å². The lowest BCUT2D eigenvalue weighted by atomic mass is 10.1. The fourth-order valence-corrected chi connectivity index (χ4v) is 4.18. The summed E-state index contributed by atoms with van der Waals surface area (Å²) in [6.45, 7) is 3.03. The Bertz CT molecular complexity index is 1100. The summed E-state index contributed by atoms with van der Waals surface area (Å²) < 4.78 is 21.7. The summed E-state index contributed by atoms with van der Waals surface area (Å²) in [6, 6.07) is 9.96. The van der Waals surface area contributed by atoms with E-state index in [2.05, 4.69) is 32.2 Å². The minimum Gasteiger partial charge on any atom is -0.491 e. The van der Waals surface area contributed by atoms with Gasteiger partial charge in [-0.2, -0.15) is 4.39 Å². The second-order valence-corrected chi connectivity index (χ2v) is 7.76. The predicted molar refractivity (Wildman–Crippen MR) is 109 cm³/mol. The summed E-state index contributed by atoms with van der Waals surface area (Å²) in [4.78, 5) is 21.8. The van der Waals surface area contributed by atoms with E-state index in [1.54, 1.807) is 6.20 Å². The molecule has 8 nitrogen and oxygen atoms in total. The number of aromatic nitrogens is 3. The number of fused-ring (bicyclic) bond motifs is 2. The van der Waals surface area contributed by atoms with Crippen molar-refractivity contribution < 1.29 is 13.9 Å². The molecule has 2 aliphatic heterocycles. The average Bonchev–Trinajstić information content (AvgIpc) is 3.31. The number of halogens is 1. The van der Waals surface area contributed by atoms with Gasteiger partial charge in [0.2, 0.25) is 5.95 Å². The zero-order valence-electron chi connectivity index (χ0n) is 16.7. The number of likely N-dealkylation sites (tertiary alicyclic amines) is 1. The smallest absolute Gasteiger partial charge is 0.260 e. The highest BCUT2D eigenvalue weighted by Crippen LogP contribution is 2.28. The van der Waals surface area contributed by atoms with Gasteiger partial charge in [-0.25, -0.2) is 9.50 Å². The van der Waals surface area contributed by atoms with Crippen LogP contribution in [0.1, 0.15) is 22.3 Å². The molecule has 2 aliphatic rings. The largest absolute Gasteiger partial charge is 0.491 e. The number of carbonyl (C=O) groups excluding carboxylic acids is 1. The number of carbonyl (C=O) groups is 1. The molecule has 0 spiro atoms. The fourth-order valence-electron chi connectivity index (χ4n) is 4.18. The van der Waals surface area contributed by atoms with Crippen molar-refractivity contribution in [3.8, 4) is 5.75 Å². The molecule has 0 aliphatic carbocycles. The van der Waals surface area contributed by atoms with Gasteiger partial charge < -0.3 is 19.9 Å². The molecule has 1 aromatic carbocycles.